The molecule has 1 aromatic carbocycles. The minimum absolute atomic E-state index is 0.0503. The molecular weight excluding hydrogens is 398 g/mol. The maximum absolute atomic E-state index is 13.0. The van der Waals surface area contributed by atoms with Gasteiger partial charge in [-0.15, -0.1) is 11.8 Å². The molecule has 2 heterocycles. The van der Waals surface area contributed by atoms with Crippen molar-refractivity contribution in [2.45, 2.75) is 79.8 Å². The lowest BCUT2D eigenvalue weighted by Gasteiger charge is -2.29. The van der Waals surface area contributed by atoms with Crippen molar-refractivity contribution in [3.8, 4) is 0 Å². The number of carbonyl (C=O) groups excluding carboxylic acids is 1. The maximum atomic E-state index is 13.0. The Bertz CT molecular complexity index is 897. The number of carbonyl (C=O) groups is 1. The van der Waals surface area contributed by atoms with Gasteiger partial charge in [0.1, 0.15) is 16.4 Å². The van der Waals surface area contributed by atoms with Gasteiger partial charge in [-0.05, 0) is 62.3 Å². The Hall–Kier alpha value is -1.53. The van der Waals surface area contributed by atoms with Crippen LogP contribution in [0, 0.1) is 19.8 Å². The third-order valence-electron chi connectivity index (χ3n) is 5.90. The molecule has 2 aliphatic rings. The number of hydrogen-bond acceptors (Lipinski definition) is 5. The number of amides is 1. The van der Waals surface area contributed by atoms with E-state index in [1.807, 2.05) is 23.9 Å². The second-order valence-electron chi connectivity index (χ2n) is 8.46. The first-order valence-electron chi connectivity index (χ1n) is 10.5. The van der Waals surface area contributed by atoms with E-state index in [-0.39, 0.29) is 11.2 Å². The quantitative estimate of drug-likeness (QED) is 0.470. The van der Waals surface area contributed by atoms with Crippen molar-refractivity contribution in [3.05, 3.63) is 41.2 Å². The van der Waals surface area contributed by atoms with Crippen LogP contribution in [0.5, 0.6) is 0 Å². The average Bonchev–Trinajstić information content (AvgIpc) is 3.03. The van der Waals surface area contributed by atoms with Crippen molar-refractivity contribution in [2.24, 2.45) is 5.92 Å². The van der Waals surface area contributed by atoms with Gasteiger partial charge >= 0.3 is 0 Å². The number of thioether (sulfide) groups is 2. The van der Waals surface area contributed by atoms with Crippen LogP contribution < -0.4 is 5.32 Å². The number of aromatic nitrogens is 2. The summed E-state index contributed by atoms with van der Waals surface area (Å²) in [4.78, 5) is 22.2. The topological polar surface area (TPSA) is 54.9 Å². The average molecular weight is 428 g/mol. The second-order valence-corrected chi connectivity index (χ2v) is 10.9. The van der Waals surface area contributed by atoms with E-state index in [1.165, 1.54) is 24.8 Å². The third kappa shape index (κ3) is 4.48. The van der Waals surface area contributed by atoms with Gasteiger partial charge in [-0.3, -0.25) is 4.79 Å². The van der Waals surface area contributed by atoms with Gasteiger partial charge in [-0.2, -0.15) is 0 Å². The number of nitrogens with zero attached hydrogens (tertiary/aromatic N) is 2. The van der Waals surface area contributed by atoms with E-state index < -0.39 is 0 Å². The molecule has 0 spiro atoms. The van der Waals surface area contributed by atoms with E-state index in [9.17, 15) is 4.79 Å². The van der Waals surface area contributed by atoms with Crippen molar-refractivity contribution in [3.63, 3.8) is 0 Å². The summed E-state index contributed by atoms with van der Waals surface area (Å²) in [5.41, 5.74) is 4.49. The van der Waals surface area contributed by atoms with E-state index in [0.717, 1.165) is 39.2 Å². The highest BCUT2D eigenvalue weighted by molar-refractivity contribution is 8.01. The zero-order valence-corrected chi connectivity index (χ0v) is 19.2. The van der Waals surface area contributed by atoms with E-state index in [1.54, 1.807) is 18.1 Å². The first-order valence-corrected chi connectivity index (χ1v) is 12.3. The predicted octanol–water partition coefficient (Wildman–Crippen LogP) is 5.98. The molecule has 0 bridgehead atoms. The Labute approximate surface area is 182 Å². The summed E-state index contributed by atoms with van der Waals surface area (Å²) in [6, 6.07) is 6.16. The van der Waals surface area contributed by atoms with Crippen LogP contribution in [0.15, 0.2) is 34.6 Å². The third-order valence-corrected chi connectivity index (χ3v) is 8.66. The fourth-order valence-electron chi connectivity index (χ4n) is 4.53. The molecule has 1 N–H and O–H groups in total. The number of nitrogens with one attached hydrogen (secondary N) is 1. The number of aryl methyl sites for hydroxylation is 2. The number of anilines is 1. The monoisotopic (exact) mass is 427 g/mol. The van der Waals surface area contributed by atoms with Gasteiger partial charge in [0.05, 0.1) is 5.25 Å². The Morgan fingerprint density at radius 2 is 2.00 bits per heavy atom. The highest BCUT2D eigenvalue weighted by Crippen LogP contribution is 2.54. The molecule has 1 aromatic heterocycles. The summed E-state index contributed by atoms with van der Waals surface area (Å²) < 4.78 is 0. The van der Waals surface area contributed by atoms with Gasteiger partial charge in [0.25, 0.3) is 0 Å². The van der Waals surface area contributed by atoms with Crippen molar-refractivity contribution in [2.75, 3.05) is 5.32 Å². The van der Waals surface area contributed by atoms with E-state index >= 15 is 0 Å². The first-order chi connectivity index (χ1) is 13.9. The van der Waals surface area contributed by atoms with Crippen molar-refractivity contribution >= 4 is 35.1 Å². The van der Waals surface area contributed by atoms with E-state index in [2.05, 4.69) is 49.0 Å². The SMILES string of the molecule is CCC(Sc1ncnc2c1C1CCC(C)CC1S2)C(=O)Nc1cc(C)cc(C)c1. The molecule has 1 fully saturated rings. The summed E-state index contributed by atoms with van der Waals surface area (Å²) in [7, 11) is 0. The molecule has 0 radical (unpaired) electrons. The number of hydrogen-bond donors (Lipinski definition) is 1. The molecule has 1 amide bonds. The predicted molar refractivity (Wildman–Crippen MR) is 122 cm³/mol. The number of benzene rings is 1. The maximum Gasteiger partial charge on any atom is 0.237 e. The van der Waals surface area contributed by atoms with Gasteiger partial charge in [-0.1, -0.05) is 38.1 Å². The van der Waals surface area contributed by atoms with Crippen LogP contribution in [-0.4, -0.2) is 26.4 Å². The molecule has 4 nitrogen and oxygen atoms in total. The lowest BCUT2D eigenvalue weighted by molar-refractivity contribution is -0.115. The zero-order chi connectivity index (χ0) is 20.5. The van der Waals surface area contributed by atoms with Crippen LogP contribution in [0.4, 0.5) is 5.69 Å². The van der Waals surface area contributed by atoms with Gasteiger partial charge < -0.3 is 5.32 Å². The molecule has 2 aromatic rings. The first kappa shape index (κ1) is 20.7. The summed E-state index contributed by atoms with van der Waals surface area (Å²) in [6.45, 7) is 8.53. The van der Waals surface area contributed by atoms with Crippen LogP contribution in [0.1, 0.15) is 62.1 Å². The molecule has 29 heavy (non-hydrogen) atoms. The Morgan fingerprint density at radius 3 is 2.72 bits per heavy atom. The summed E-state index contributed by atoms with van der Waals surface area (Å²) in [5, 5.41) is 5.71. The van der Waals surface area contributed by atoms with Crippen LogP contribution in [-0.2, 0) is 4.79 Å². The molecule has 1 aliphatic carbocycles. The molecule has 1 aliphatic heterocycles. The molecule has 0 saturated heterocycles. The second kappa shape index (κ2) is 8.68. The van der Waals surface area contributed by atoms with E-state index in [0.29, 0.717) is 11.2 Å². The molecule has 1 saturated carbocycles. The lowest BCUT2D eigenvalue weighted by atomic mass is 9.80. The van der Waals surface area contributed by atoms with Crippen LogP contribution in [0.25, 0.3) is 0 Å². The molecule has 4 unspecified atom stereocenters. The molecular formula is C23H29N3OS2. The summed E-state index contributed by atoms with van der Waals surface area (Å²) >= 11 is 3.53. The van der Waals surface area contributed by atoms with Crippen LogP contribution in [0.3, 0.4) is 0 Å². The summed E-state index contributed by atoms with van der Waals surface area (Å²) in [5.74, 6) is 1.37. The fourth-order valence-corrected chi connectivity index (χ4v) is 7.31. The number of rotatable bonds is 5. The van der Waals surface area contributed by atoms with Crippen molar-refractivity contribution < 1.29 is 4.79 Å². The van der Waals surface area contributed by atoms with Gasteiger partial charge in [0.2, 0.25) is 5.91 Å². The van der Waals surface area contributed by atoms with Crippen LogP contribution in [0.2, 0.25) is 0 Å². The molecule has 4 rings (SSSR count). The highest BCUT2D eigenvalue weighted by Gasteiger charge is 2.40. The molecule has 154 valence electrons. The fraction of sp³-hybridized carbons (Fsp3) is 0.522. The molecule has 4 atom stereocenters. The number of fused-ring (bicyclic) bond motifs is 3. The van der Waals surface area contributed by atoms with Crippen molar-refractivity contribution in [1.82, 2.24) is 9.97 Å². The minimum Gasteiger partial charge on any atom is -0.325 e. The summed E-state index contributed by atoms with van der Waals surface area (Å²) in [6.07, 6.45) is 6.16. The largest absolute Gasteiger partial charge is 0.325 e. The van der Waals surface area contributed by atoms with Gasteiger partial charge in [0.15, 0.2) is 0 Å². The van der Waals surface area contributed by atoms with Gasteiger partial charge in [0, 0.05) is 22.4 Å². The lowest BCUT2D eigenvalue weighted by Crippen LogP contribution is -2.25. The normalized spacial score (nSPS) is 23.9. The molecule has 6 heteroatoms. The van der Waals surface area contributed by atoms with Crippen LogP contribution >= 0.6 is 23.5 Å². The Morgan fingerprint density at radius 1 is 1.24 bits per heavy atom. The highest BCUT2D eigenvalue weighted by atomic mass is 32.2. The smallest absolute Gasteiger partial charge is 0.237 e. The minimum atomic E-state index is -0.165. The van der Waals surface area contributed by atoms with E-state index in [4.69, 9.17) is 0 Å². The standard InChI is InChI=1S/C23H29N3OS2/c1-5-18(21(27)26-16-9-14(3)8-15(4)10-16)28-22-20-17-7-6-13(2)11-19(17)29-23(20)25-12-24-22/h8-10,12-13,17-19H,5-7,11H2,1-4H3,(H,26,27). The van der Waals surface area contributed by atoms with Gasteiger partial charge in [-0.25, -0.2) is 9.97 Å². The Balaban J connectivity index is 1.53. The van der Waals surface area contributed by atoms with Crippen molar-refractivity contribution in [1.29, 1.82) is 0 Å². The zero-order valence-electron chi connectivity index (χ0n) is 17.6. The Kier molecular flexibility index (Phi) is 6.21.